The minimum Gasteiger partial charge on any atom is -0.277 e. The van der Waals surface area contributed by atoms with Crippen LogP contribution in [0.15, 0.2) is 55.1 Å². The van der Waals surface area contributed by atoms with Crippen molar-refractivity contribution in [1.82, 2.24) is 14.6 Å². The van der Waals surface area contributed by atoms with Crippen LogP contribution in [0, 0.1) is 0 Å². The highest BCUT2D eigenvalue weighted by Crippen LogP contribution is 2.18. The van der Waals surface area contributed by atoms with Gasteiger partial charge in [0.2, 0.25) is 0 Å². The average molecular weight is 210 g/mol. The molecule has 0 unspecified atom stereocenters. The maximum atomic E-state index is 4.24. The molecule has 4 nitrogen and oxygen atoms in total. The Kier molecular flexibility index (Phi) is 2.04. The highest BCUT2D eigenvalue weighted by atomic mass is 15.4. The van der Waals surface area contributed by atoms with Crippen molar-refractivity contribution in [3.8, 4) is 0 Å². The number of hydrogen-bond acceptors (Lipinski definition) is 3. The van der Waals surface area contributed by atoms with E-state index in [2.05, 4.69) is 15.4 Å². The largest absolute Gasteiger partial charge is 0.277 e. The highest BCUT2D eigenvalue weighted by Gasteiger charge is 2.01. The molecule has 78 valence electrons. The Morgan fingerprint density at radius 2 is 1.75 bits per heavy atom. The van der Waals surface area contributed by atoms with Crippen molar-refractivity contribution < 1.29 is 0 Å². The molecule has 0 saturated carbocycles. The van der Waals surface area contributed by atoms with E-state index in [4.69, 9.17) is 0 Å². The maximum Gasteiger partial charge on any atom is 0.156 e. The van der Waals surface area contributed by atoms with Crippen molar-refractivity contribution in [2.24, 2.45) is 0 Å². The Morgan fingerprint density at radius 3 is 2.62 bits per heavy atom. The SMILES string of the molecule is c1ccc2c(Nn3cccc3)ncnc2c1. The first-order valence-electron chi connectivity index (χ1n) is 5.03. The van der Waals surface area contributed by atoms with Crippen LogP contribution in [0.1, 0.15) is 0 Å². The summed E-state index contributed by atoms with van der Waals surface area (Å²) in [6.07, 6.45) is 5.42. The summed E-state index contributed by atoms with van der Waals surface area (Å²) in [6.45, 7) is 0. The van der Waals surface area contributed by atoms with Gasteiger partial charge in [0.1, 0.15) is 6.33 Å². The first-order valence-corrected chi connectivity index (χ1v) is 5.03. The van der Waals surface area contributed by atoms with Gasteiger partial charge in [-0.05, 0) is 24.3 Å². The summed E-state index contributed by atoms with van der Waals surface area (Å²) in [7, 11) is 0. The molecule has 1 aromatic carbocycles. The Hall–Kier alpha value is -2.36. The summed E-state index contributed by atoms with van der Waals surface area (Å²) in [6, 6.07) is 11.8. The summed E-state index contributed by atoms with van der Waals surface area (Å²) >= 11 is 0. The van der Waals surface area contributed by atoms with E-state index in [9.17, 15) is 0 Å². The normalized spacial score (nSPS) is 10.5. The zero-order valence-corrected chi connectivity index (χ0v) is 8.54. The molecule has 0 radical (unpaired) electrons. The first kappa shape index (κ1) is 8.91. The van der Waals surface area contributed by atoms with Gasteiger partial charge >= 0.3 is 0 Å². The van der Waals surface area contributed by atoms with Crippen molar-refractivity contribution in [1.29, 1.82) is 0 Å². The van der Waals surface area contributed by atoms with Crippen molar-refractivity contribution >= 4 is 16.7 Å². The summed E-state index contributed by atoms with van der Waals surface area (Å²) in [5.74, 6) is 0.807. The molecule has 16 heavy (non-hydrogen) atoms. The van der Waals surface area contributed by atoms with E-state index < -0.39 is 0 Å². The lowest BCUT2D eigenvalue weighted by atomic mass is 10.2. The Labute approximate surface area is 92.5 Å². The second-order valence-corrected chi connectivity index (χ2v) is 3.44. The van der Waals surface area contributed by atoms with Gasteiger partial charge in [0.15, 0.2) is 5.82 Å². The standard InChI is InChI=1S/C12H10N4/c1-2-6-11-10(5-1)12(14-9-13-11)15-16-7-3-4-8-16/h1-9H,(H,13,14,15). The Morgan fingerprint density at radius 1 is 0.938 bits per heavy atom. The number of para-hydroxylation sites is 1. The van der Waals surface area contributed by atoms with Gasteiger partial charge in [0, 0.05) is 17.8 Å². The van der Waals surface area contributed by atoms with Gasteiger partial charge in [-0.25, -0.2) is 9.97 Å². The number of benzene rings is 1. The van der Waals surface area contributed by atoms with Gasteiger partial charge in [-0.15, -0.1) is 0 Å². The molecule has 4 heteroatoms. The number of nitrogens with zero attached hydrogens (tertiary/aromatic N) is 3. The zero-order chi connectivity index (χ0) is 10.8. The number of rotatable bonds is 2. The predicted octanol–water partition coefficient (Wildman–Crippen LogP) is 2.31. The van der Waals surface area contributed by atoms with Crippen LogP contribution >= 0.6 is 0 Å². The molecule has 2 aromatic heterocycles. The van der Waals surface area contributed by atoms with Crippen molar-refractivity contribution in [3.63, 3.8) is 0 Å². The van der Waals surface area contributed by atoms with E-state index in [0.29, 0.717) is 0 Å². The molecule has 0 fully saturated rings. The molecule has 0 atom stereocenters. The van der Waals surface area contributed by atoms with E-state index in [1.807, 2.05) is 53.5 Å². The van der Waals surface area contributed by atoms with Gasteiger partial charge in [-0.2, -0.15) is 0 Å². The van der Waals surface area contributed by atoms with Crippen LogP contribution in [0.4, 0.5) is 5.82 Å². The third-order valence-corrected chi connectivity index (χ3v) is 2.38. The third kappa shape index (κ3) is 1.50. The number of hydrogen-bond donors (Lipinski definition) is 1. The fraction of sp³-hybridized carbons (Fsp3) is 0. The lowest BCUT2D eigenvalue weighted by Crippen LogP contribution is -2.07. The second kappa shape index (κ2) is 3.66. The molecule has 1 N–H and O–H groups in total. The quantitative estimate of drug-likeness (QED) is 0.705. The van der Waals surface area contributed by atoms with Gasteiger partial charge < -0.3 is 0 Å². The highest BCUT2D eigenvalue weighted by molar-refractivity contribution is 5.88. The van der Waals surface area contributed by atoms with E-state index in [0.717, 1.165) is 16.7 Å². The Balaban J connectivity index is 2.10. The fourth-order valence-corrected chi connectivity index (χ4v) is 1.63. The predicted molar refractivity (Wildman–Crippen MR) is 63.0 cm³/mol. The zero-order valence-electron chi connectivity index (χ0n) is 8.54. The van der Waals surface area contributed by atoms with E-state index in [1.165, 1.54) is 0 Å². The van der Waals surface area contributed by atoms with Crippen LogP contribution in [-0.2, 0) is 0 Å². The van der Waals surface area contributed by atoms with Gasteiger partial charge in [0.05, 0.1) is 5.52 Å². The van der Waals surface area contributed by atoms with Crippen LogP contribution in [0.2, 0.25) is 0 Å². The molecule has 3 aromatic rings. The lowest BCUT2D eigenvalue weighted by molar-refractivity contribution is 0.954. The fourth-order valence-electron chi connectivity index (χ4n) is 1.63. The summed E-state index contributed by atoms with van der Waals surface area (Å²) in [5.41, 5.74) is 4.13. The second-order valence-electron chi connectivity index (χ2n) is 3.44. The molecule has 0 bridgehead atoms. The minimum atomic E-state index is 0.807. The average Bonchev–Trinajstić information content (AvgIpc) is 2.82. The molecule has 3 rings (SSSR count). The lowest BCUT2D eigenvalue weighted by Gasteiger charge is -2.08. The number of fused-ring (bicyclic) bond motifs is 1. The molecule has 0 amide bonds. The van der Waals surface area contributed by atoms with Gasteiger partial charge in [-0.3, -0.25) is 10.1 Å². The first-order chi connectivity index (χ1) is 7.93. The topological polar surface area (TPSA) is 42.7 Å². The number of aromatic nitrogens is 3. The summed E-state index contributed by atoms with van der Waals surface area (Å²) in [4.78, 5) is 8.45. The Bertz CT molecular complexity index is 596. The van der Waals surface area contributed by atoms with Crippen molar-refractivity contribution in [2.45, 2.75) is 0 Å². The van der Waals surface area contributed by atoms with Crippen molar-refractivity contribution in [2.75, 3.05) is 5.43 Å². The van der Waals surface area contributed by atoms with Gasteiger partial charge in [-0.1, -0.05) is 12.1 Å². The molecule has 0 spiro atoms. The maximum absolute atomic E-state index is 4.24. The van der Waals surface area contributed by atoms with E-state index >= 15 is 0 Å². The van der Waals surface area contributed by atoms with E-state index in [-0.39, 0.29) is 0 Å². The smallest absolute Gasteiger partial charge is 0.156 e. The molecular formula is C12H10N4. The third-order valence-electron chi connectivity index (χ3n) is 2.38. The summed E-state index contributed by atoms with van der Waals surface area (Å²) in [5, 5.41) is 1.01. The molecular weight excluding hydrogens is 200 g/mol. The molecule has 0 aliphatic rings. The van der Waals surface area contributed by atoms with E-state index in [1.54, 1.807) is 6.33 Å². The summed E-state index contributed by atoms with van der Waals surface area (Å²) < 4.78 is 1.86. The number of nitrogens with one attached hydrogen (secondary N) is 1. The van der Waals surface area contributed by atoms with Crippen LogP contribution < -0.4 is 5.43 Å². The molecule has 0 aliphatic carbocycles. The molecule has 2 heterocycles. The van der Waals surface area contributed by atoms with Crippen LogP contribution in [0.3, 0.4) is 0 Å². The number of anilines is 1. The van der Waals surface area contributed by atoms with Gasteiger partial charge in [0.25, 0.3) is 0 Å². The van der Waals surface area contributed by atoms with Crippen LogP contribution in [-0.4, -0.2) is 14.6 Å². The van der Waals surface area contributed by atoms with Crippen LogP contribution in [0.5, 0.6) is 0 Å². The van der Waals surface area contributed by atoms with Crippen molar-refractivity contribution in [3.05, 3.63) is 55.1 Å². The molecule has 0 saturated heterocycles. The monoisotopic (exact) mass is 210 g/mol. The molecule has 0 aliphatic heterocycles. The minimum absolute atomic E-state index is 0.807. The van der Waals surface area contributed by atoms with Crippen LogP contribution in [0.25, 0.3) is 10.9 Å².